The van der Waals surface area contributed by atoms with Gasteiger partial charge in [0.05, 0.1) is 0 Å². The van der Waals surface area contributed by atoms with Crippen LogP contribution < -0.4 is 0 Å². The van der Waals surface area contributed by atoms with Crippen molar-refractivity contribution in [2.45, 2.75) is 19.3 Å². The maximum Gasteiger partial charge on any atom is 0.276 e. The van der Waals surface area contributed by atoms with Crippen LogP contribution in [0.3, 0.4) is 0 Å². The standard InChI is InChI=1S/C20H19N3O2/c24-20(23-12-5-2-6-13-23)17-18(16-10-7-11-21-14-16)25-19(22-17)15-8-3-1-4-9-15/h1,3-4,7-11,14H,2,5-6,12-13H2. The van der Waals surface area contributed by atoms with E-state index in [2.05, 4.69) is 9.97 Å². The number of benzene rings is 1. The predicted octanol–water partition coefficient (Wildman–Crippen LogP) is 4.03. The third-order valence-electron chi connectivity index (χ3n) is 4.42. The number of nitrogens with zero attached hydrogens (tertiary/aromatic N) is 3. The van der Waals surface area contributed by atoms with Gasteiger partial charge in [0.1, 0.15) is 0 Å². The summed E-state index contributed by atoms with van der Waals surface area (Å²) >= 11 is 0. The number of pyridine rings is 1. The average molecular weight is 333 g/mol. The Morgan fingerprint density at radius 1 is 0.960 bits per heavy atom. The molecular weight excluding hydrogens is 314 g/mol. The highest BCUT2D eigenvalue weighted by molar-refractivity contribution is 5.98. The highest BCUT2D eigenvalue weighted by atomic mass is 16.4. The Labute approximate surface area is 146 Å². The first-order chi connectivity index (χ1) is 12.3. The Hall–Kier alpha value is -2.95. The second-order valence-corrected chi connectivity index (χ2v) is 6.16. The molecule has 2 aromatic heterocycles. The van der Waals surface area contributed by atoms with Crippen LogP contribution in [0.15, 0.2) is 59.3 Å². The Bertz CT molecular complexity index is 853. The lowest BCUT2D eigenvalue weighted by Crippen LogP contribution is -2.36. The van der Waals surface area contributed by atoms with Gasteiger partial charge in [0.2, 0.25) is 5.89 Å². The molecule has 5 nitrogen and oxygen atoms in total. The zero-order chi connectivity index (χ0) is 17.1. The molecule has 1 fully saturated rings. The van der Waals surface area contributed by atoms with Gasteiger partial charge in [-0.15, -0.1) is 0 Å². The van der Waals surface area contributed by atoms with Gasteiger partial charge < -0.3 is 9.32 Å². The summed E-state index contributed by atoms with van der Waals surface area (Å²) in [7, 11) is 0. The predicted molar refractivity (Wildman–Crippen MR) is 94.9 cm³/mol. The van der Waals surface area contributed by atoms with Crippen LogP contribution in [-0.4, -0.2) is 33.9 Å². The van der Waals surface area contributed by atoms with Crippen LogP contribution in [0.5, 0.6) is 0 Å². The van der Waals surface area contributed by atoms with Crippen LogP contribution in [0.1, 0.15) is 29.8 Å². The first kappa shape index (κ1) is 15.6. The summed E-state index contributed by atoms with van der Waals surface area (Å²) in [6, 6.07) is 13.4. The van der Waals surface area contributed by atoms with Gasteiger partial charge in [-0.05, 0) is 43.5 Å². The molecule has 0 bridgehead atoms. The third-order valence-corrected chi connectivity index (χ3v) is 4.42. The topological polar surface area (TPSA) is 59.2 Å². The number of oxazole rings is 1. The van der Waals surface area contributed by atoms with Crippen LogP contribution in [0, 0.1) is 0 Å². The molecule has 0 aliphatic carbocycles. The molecule has 0 N–H and O–H groups in total. The van der Waals surface area contributed by atoms with E-state index < -0.39 is 0 Å². The first-order valence-electron chi connectivity index (χ1n) is 8.59. The minimum atomic E-state index is -0.0653. The second-order valence-electron chi connectivity index (χ2n) is 6.16. The summed E-state index contributed by atoms with van der Waals surface area (Å²) in [6.45, 7) is 1.55. The molecule has 1 aromatic carbocycles. The molecule has 1 saturated heterocycles. The number of hydrogen-bond acceptors (Lipinski definition) is 4. The lowest BCUT2D eigenvalue weighted by atomic mass is 10.1. The fourth-order valence-electron chi connectivity index (χ4n) is 3.11. The minimum Gasteiger partial charge on any atom is -0.435 e. The summed E-state index contributed by atoms with van der Waals surface area (Å²) in [4.78, 5) is 23.6. The number of aromatic nitrogens is 2. The van der Waals surface area contributed by atoms with Crippen molar-refractivity contribution in [1.82, 2.24) is 14.9 Å². The number of piperidine rings is 1. The van der Waals surface area contributed by atoms with Crippen molar-refractivity contribution in [3.8, 4) is 22.8 Å². The molecule has 0 radical (unpaired) electrons. The van der Waals surface area contributed by atoms with E-state index >= 15 is 0 Å². The monoisotopic (exact) mass is 333 g/mol. The third kappa shape index (κ3) is 3.18. The summed E-state index contributed by atoms with van der Waals surface area (Å²) in [5, 5.41) is 0. The molecule has 0 unspecified atom stereocenters. The van der Waals surface area contributed by atoms with Gasteiger partial charge >= 0.3 is 0 Å². The van der Waals surface area contributed by atoms with Gasteiger partial charge in [-0.2, -0.15) is 0 Å². The van der Waals surface area contributed by atoms with Crippen LogP contribution in [0.4, 0.5) is 0 Å². The summed E-state index contributed by atoms with van der Waals surface area (Å²) < 4.78 is 6.00. The van der Waals surface area contributed by atoms with Gasteiger partial charge in [0, 0.05) is 36.6 Å². The van der Waals surface area contributed by atoms with Crippen LogP contribution >= 0.6 is 0 Å². The van der Waals surface area contributed by atoms with E-state index in [1.165, 1.54) is 6.42 Å². The largest absolute Gasteiger partial charge is 0.435 e. The summed E-state index contributed by atoms with van der Waals surface area (Å²) in [5.74, 6) is 0.881. The lowest BCUT2D eigenvalue weighted by Gasteiger charge is -2.26. The van der Waals surface area contributed by atoms with Gasteiger partial charge in [0.15, 0.2) is 11.5 Å². The number of likely N-dealkylation sites (tertiary alicyclic amines) is 1. The summed E-state index contributed by atoms with van der Waals surface area (Å²) in [5.41, 5.74) is 1.98. The molecule has 0 saturated carbocycles. The Morgan fingerprint density at radius 2 is 1.72 bits per heavy atom. The van der Waals surface area contributed by atoms with Gasteiger partial charge in [0.25, 0.3) is 5.91 Å². The quantitative estimate of drug-likeness (QED) is 0.726. The maximum absolute atomic E-state index is 13.0. The van der Waals surface area contributed by atoms with Crippen molar-refractivity contribution >= 4 is 5.91 Å². The van der Waals surface area contributed by atoms with Crippen molar-refractivity contribution < 1.29 is 9.21 Å². The normalized spacial score (nSPS) is 14.5. The van der Waals surface area contributed by atoms with Crippen LogP contribution in [0.2, 0.25) is 0 Å². The fourth-order valence-corrected chi connectivity index (χ4v) is 3.11. The first-order valence-corrected chi connectivity index (χ1v) is 8.59. The molecule has 25 heavy (non-hydrogen) atoms. The molecule has 5 heteroatoms. The smallest absolute Gasteiger partial charge is 0.276 e. The molecular formula is C20H19N3O2. The molecule has 1 amide bonds. The van der Waals surface area contributed by atoms with Gasteiger partial charge in [-0.1, -0.05) is 18.2 Å². The number of hydrogen-bond donors (Lipinski definition) is 0. The molecule has 0 atom stereocenters. The van der Waals surface area contributed by atoms with E-state index in [1.54, 1.807) is 12.4 Å². The van der Waals surface area contributed by atoms with E-state index in [1.807, 2.05) is 47.4 Å². The zero-order valence-corrected chi connectivity index (χ0v) is 13.9. The molecule has 3 aromatic rings. The zero-order valence-electron chi connectivity index (χ0n) is 13.9. The lowest BCUT2D eigenvalue weighted by molar-refractivity contribution is 0.0719. The van der Waals surface area contributed by atoms with Gasteiger partial charge in [-0.3, -0.25) is 9.78 Å². The molecule has 1 aliphatic heterocycles. The van der Waals surface area contributed by atoms with Crippen LogP contribution in [-0.2, 0) is 0 Å². The van der Waals surface area contributed by atoms with Crippen LogP contribution in [0.25, 0.3) is 22.8 Å². The number of rotatable bonds is 3. The molecule has 126 valence electrons. The second kappa shape index (κ2) is 6.89. The van der Waals surface area contributed by atoms with Crippen molar-refractivity contribution in [3.63, 3.8) is 0 Å². The summed E-state index contributed by atoms with van der Waals surface area (Å²) in [6.07, 6.45) is 6.65. The number of amides is 1. The van der Waals surface area contributed by atoms with E-state index in [4.69, 9.17) is 4.42 Å². The molecule has 0 spiro atoms. The molecule has 4 rings (SSSR count). The Kier molecular flexibility index (Phi) is 4.29. The number of carbonyl (C=O) groups excluding carboxylic acids is 1. The van der Waals surface area contributed by atoms with E-state index in [-0.39, 0.29) is 5.91 Å². The molecule has 1 aliphatic rings. The van der Waals surface area contributed by atoms with Gasteiger partial charge in [-0.25, -0.2) is 4.98 Å². The van der Waals surface area contributed by atoms with Crippen molar-refractivity contribution in [3.05, 3.63) is 60.6 Å². The SMILES string of the molecule is O=C(c1nc(-c2ccccc2)oc1-c1cccnc1)N1CCCCC1. The van der Waals surface area contributed by atoms with Crippen molar-refractivity contribution in [1.29, 1.82) is 0 Å². The fraction of sp³-hybridized carbons (Fsp3) is 0.250. The number of carbonyl (C=O) groups is 1. The highest BCUT2D eigenvalue weighted by Crippen LogP contribution is 2.30. The van der Waals surface area contributed by atoms with E-state index in [9.17, 15) is 4.79 Å². The highest BCUT2D eigenvalue weighted by Gasteiger charge is 2.27. The Morgan fingerprint density at radius 3 is 2.44 bits per heavy atom. The van der Waals surface area contributed by atoms with Crippen molar-refractivity contribution in [2.75, 3.05) is 13.1 Å². The minimum absolute atomic E-state index is 0.0653. The van der Waals surface area contributed by atoms with E-state index in [0.717, 1.165) is 37.1 Å². The molecule has 3 heterocycles. The van der Waals surface area contributed by atoms with E-state index in [0.29, 0.717) is 17.3 Å². The maximum atomic E-state index is 13.0. The Balaban J connectivity index is 1.78. The van der Waals surface area contributed by atoms with Crippen molar-refractivity contribution in [2.24, 2.45) is 0 Å². The average Bonchev–Trinajstić information content (AvgIpc) is 3.15.